The smallest absolute Gasteiger partial charge is 0.193 e. The predicted molar refractivity (Wildman–Crippen MR) is 103 cm³/mol. The Kier molecular flexibility index (Phi) is 6.86. The fraction of sp³-hybridized carbons (Fsp3) is 0.923. The first-order chi connectivity index (χ1) is 9.69. The van der Waals surface area contributed by atoms with Gasteiger partial charge in [0.05, 0.1) is 16.1 Å². The molecule has 0 amide bonds. The van der Waals surface area contributed by atoms with Crippen molar-refractivity contribution in [3.8, 4) is 0 Å². The second-order valence-corrected chi connectivity index (χ2v) is 10.3. The lowest BCUT2D eigenvalue weighted by Crippen LogP contribution is -2.58. The predicted octanol–water partition coefficient (Wildman–Crippen LogP) is 0.557. The molecule has 9 heteroatoms. The van der Waals surface area contributed by atoms with Crippen LogP contribution in [0, 0.1) is 0 Å². The Morgan fingerprint density at radius 2 is 2.14 bits per heavy atom. The van der Waals surface area contributed by atoms with Gasteiger partial charge in [-0.2, -0.15) is 11.8 Å². The zero-order valence-electron chi connectivity index (χ0n) is 13.3. The van der Waals surface area contributed by atoms with Crippen molar-refractivity contribution < 1.29 is 13.5 Å². The molecule has 2 aliphatic rings. The molecule has 130 valence electrons. The first kappa shape index (κ1) is 20.3. The summed E-state index contributed by atoms with van der Waals surface area (Å²) in [4.78, 5) is 6.20. The van der Waals surface area contributed by atoms with Crippen LogP contribution in [0.1, 0.15) is 20.3 Å². The molecule has 0 aliphatic carbocycles. The van der Waals surface area contributed by atoms with Crippen molar-refractivity contribution in [3.05, 3.63) is 0 Å². The molecule has 2 aliphatic heterocycles. The van der Waals surface area contributed by atoms with Crippen LogP contribution in [0.5, 0.6) is 0 Å². The van der Waals surface area contributed by atoms with E-state index in [1.807, 2.05) is 4.90 Å². The van der Waals surface area contributed by atoms with Gasteiger partial charge in [-0.3, -0.25) is 4.99 Å². The zero-order valence-corrected chi connectivity index (χ0v) is 17.3. The summed E-state index contributed by atoms with van der Waals surface area (Å²) in [6.07, 6.45) is 0.779. The highest BCUT2D eigenvalue weighted by molar-refractivity contribution is 14.0. The molecular formula is C13H26IN3O3S2. The third-order valence-corrected chi connectivity index (χ3v) is 7.98. The number of halogens is 1. The summed E-state index contributed by atoms with van der Waals surface area (Å²) in [5.74, 6) is 2.52. The van der Waals surface area contributed by atoms with Gasteiger partial charge in [0.15, 0.2) is 15.8 Å². The van der Waals surface area contributed by atoms with Gasteiger partial charge in [0.1, 0.15) is 0 Å². The third kappa shape index (κ3) is 4.41. The van der Waals surface area contributed by atoms with Crippen molar-refractivity contribution >= 4 is 51.5 Å². The summed E-state index contributed by atoms with van der Waals surface area (Å²) in [5.41, 5.74) is -0.683. The number of nitrogens with zero attached hydrogens (tertiary/aromatic N) is 2. The van der Waals surface area contributed by atoms with E-state index in [-0.39, 0.29) is 29.7 Å². The van der Waals surface area contributed by atoms with Crippen LogP contribution in [0.25, 0.3) is 0 Å². The van der Waals surface area contributed by atoms with Gasteiger partial charge in [0, 0.05) is 32.4 Å². The minimum atomic E-state index is -3.06. The highest BCUT2D eigenvalue weighted by Crippen LogP contribution is 2.27. The highest BCUT2D eigenvalue weighted by Gasteiger charge is 2.41. The molecule has 2 heterocycles. The van der Waals surface area contributed by atoms with Gasteiger partial charge in [-0.25, -0.2) is 8.42 Å². The van der Waals surface area contributed by atoms with E-state index >= 15 is 0 Å². The van der Waals surface area contributed by atoms with Crippen LogP contribution in [0.4, 0.5) is 0 Å². The van der Waals surface area contributed by atoms with Crippen molar-refractivity contribution in [2.45, 2.75) is 30.6 Å². The number of thioether (sulfide) groups is 1. The third-order valence-electron chi connectivity index (χ3n) is 4.21. The molecule has 22 heavy (non-hydrogen) atoms. The molecule has 2 fully saturated rings. The molecule has 2 rings (SSSR count). The zero-order chi connectivity index (χ0) is 15.7. The second kappa shape index (κ2) is 7.43. The molecule has 0 spiro atoms. The first-order valence-electron chi connectivity index (χ1n) is 7.17. The average Bonchev–Trinajstić information content (AvgIpc) is 2.81. The lowest BCUT2D eigenvalue weighted by atomic mass is 10.0. The molecule has 2 saturated heterocycles. The summed E-state index contributed by atoms with van der Waals surface area (Å²) in [6.45, 7) is 4.82. The summed E-state index contributed by atoms with van der Waals surface area (Å²) in [7, 11) is -1.37. The van der Waals surface area contributed by atoms with Gasteiger partial charge in [0.25, 0.3) is 0 Å². The number of sulfone groups is 1. The number of rotatable bonds is 2. The number of hydrogen-bond acceptors (Lipinski definition) is 5. The van der Waals surface area contributed by atoms with Crippen LogP contribution in [0.2, 0.25) is 0 Å². The summed E-state index contributed by atoms with van der Waals surface area (Å²) < 4.78 is 23.3. The van der Waals surface area contributed by atoms with Gasteiger partial charge in [-0.05, 0) is 26.0 Å². The summed E-state index contributed by atoms with van der Waals surface area (Å²) >= 11 is 1.75. The van der Waals surface area contributed by atoms with Crippen LogP contribution in [-0.4, -0.2) is 78.7 Å². The Morgan fingerprint density at radius 1 is 1.45 bits per heavy atom. The maximum atomic E-state index is 12.0. The van der Waals surface area contributed by atoms with Gasteiger partial charge < -0.3 is 15.3 Å². The van der Waals surface area contributed by atoms with Crippen molar-refractivity contribution in [1.82, 2.24) is 10.2 Å². The monoisotopic (exact) mass is 463 g/mol. The second-order valence-electron chi connectivity index (χ2n) is 6.43. The molecule has 0 aromatic rings. The van der Waals surface area contributed by atoms with E-state index in [4.69, 9.17) is 0 Å². The SMILES string of the molecule is CN=C(NCC1(O)CCSC1)N1CCS(=O)(=O)C(C)(C)C1.I. The minimum absolute atomic E-state index is 0. The normalized spacial score (nSPS) is 30.7. The maximum absolute atomic E-state index is 12.0. The minimum Gasteiger partial charge on any atom is -0.387 e. The lowest BCUT2D eigenvalue weighted by molar-refractivity contribution is 0.0716. The number of aliphatic imine (C=N–C) groups is 1. The fourth-order valence-electron chi connectivity index (χ4n) is 2.64. The Morgan fingerprint density at radius 3 is 2.64 bits per heavy atom. The molecule has 0 bridgehead atoms. The molecule has 0 aromatic carbocycles. The van der Waals surface area contributed by atoms with Crippen LogP contribution in [-0.2, 0) is 9.84 Å². The Bertz CT molecular complexity index is 517. The Balaban J connectivity index is 0.00000242. The van der Waals surface area contributed by atoms with E-state index in [9.17, 15) is 13.5 Å². The molecule has 6 nitrogen and oxygen atoms in total. The quantitative estimate of drug-likeness (QED) is 0.354. The summed E-state index contributed by atoms with van der Waals surface area (Å²) in [6, 6.07) is 0. The molecule has 1 atom stereocenters. The van der Waals surface area contributed by atoms with Gasteiger partial charge in [-0.15, -0.1) is 24.0 Å². The number of hydrogen-bond donors (Lipinski definition) is 2. The van der Waals surface area contributed by atoms with Crippen LogP contribution >= 0.6 is 35.7 Å². The fourth-order valence-corrected chi connectivity index (χ4v) is 5.30. The maximum Gasteiger partial charge on any atom is 0.193 e. The molecule has 1 unspecified atom stereocenters. The van der Waals surface area contributed by atoms with E-state index in [2.05, 4.69) is 10.3 Å². The van der Waals surface area contributed by atoms with Gasteiger partial charge in [-0.1, -0.05) is 0 Å². The van der Waals surface area contributed by atoms with Crippen molar-refractivity contribution in [2.75, 3.05) is 43.9 Å². The van der Waals surface area contributed by atoms with Crippen LogP contribution < -0.4 is 5.32 Å². The standard InChI is InChI=1S/C13H25N3O3S2.HI/c1-12(2)9-16(5-7-21(12,18)19)11(14-3)15-8-13(17)4-6-20-10-13;/h17H,4-10H2,1-3H3,(H,14,15);1H. The lowest BCUT2D eigenvalue weighted by Gasteiger charge is -2.39. The van der Waals surface area contributed by atoms with Crippen LogP contribution in [0.15, 0.2) is 4.99 Å². The average molecular weight is 463 g/mol. The van der Waals surface area contributed by atoms with E-state index in [1.165, 1.54) is 0 Å². The Labute approximate surface area is 154 Å². The molecule has 0 saturated carbocycles. The molecule has 0 radical (unpaired) electrons. The molecular weight excluding hydrogens is 437 g/mol. The van der Waals surface area contributed by atoms with E-state index in [0.717, 1.165) is 17.9 Å². The van der Waals surface area contributed by atoms with Gasteiger partial charge >= 0.3 is 0 Å². The van der Waals surface area contributed by atoms with Gasteiger partial charge in [0.2, 0.25) is 0 Å². The Hall–Kier alpha value is 0.260. The number of nitrogens with one attached hydrogen (secondary N) is 1. The number of aliphatic hydroxyl groups is 1. The largest absolute Gasteiger partial charge is 0.387 e. The summed E-state index contributed by atoms with van der Waals surface area (Å²) in [5, 5.41) is 13.6. The number of guanidine groups is 1. The molecule has 0 aromatic heterocycles. The van der Waals surface area contributed by atoms with E-state index < -0.39 is 20.2 Å². The van der Waals surface area contributed by atoms with E-state index in [0.29, 0.717) is 25.6 Å². The van der Waals surface area contributed by atoms with E-state index in [1.54, 1.807) is 32.7 Å². The van der Waals surface area contributed by atoms with Crippen molar-refractivity contribution in [1.29, 1.82) is 0 Å². The highest BCUT2D eigenvalue weighted by atomic mass is 127. The van der Waals surface area contributed by atoms with Crippen molar-refractivity contribution in [3.63, 3.8) is 0 Å². The first-order valence-corrected chi connectivity index (χ1v) is 9.98. The van der Waals surface area contributed by atoms with Crippen molar-refractivity contribution in [2.24, 2.45) is 4.99 Å². The van der Waals surface area contributed by atoms with Crippen LogP contribution in [0.3, 0.4) is 0 Å². The topological polar surface area (TPSA) is 82.0 Å². The molecule has 2 N–H and O–H groups in total.